The number of hydrogen-bond acceptors (Lipinski definition) is 1. The highest BCUT2D eigenvalue weighted by atomic mass is 32.2. The molecule has 0 bridgehead atoms. The summed E-state index contributed by atoms with van der Waals surface area (Å²) in [5, 5.41) is 0. The van der Waals surface area contributed by atoms with Crippen LogP contribution in [0.5, 0.6) is 0 Å². The first-order chi connectivity index (χ1) is 12.8. The van der Waals surface area contributed by atoms with Crippen molar-refractivity contribution in [1.29, 1.82) is 0 Å². The van der Waals surface area contributed by atoms with E-state index in [4.69, 9.17) is 0 Å². The summed E-state index contributed by atoms with van der Waals surface area (Å²) < 4.78 is 12.9. The first kappa shape index (κ1) is 16.5. The molecule has 0 aromatic heterocycles. The van der Waals surface area contributed by atoms with Gasteiger partial charge in [-0.1, -0.05) is 84.9 Å². The molecule has 0 atom stereocenters. The molecule has 0 radical (unpaired) electrons. The third-order valence-corrected chi connectivity index (χ3v) is 5.75. The molecule has 0 saturated heterocycles. The second-order valence-corrected chi connectivity index (χ2v) is 7.53. The summed E-state index contributed by atoms with van der Waals surface area (Å²) >= 11 is 0. The lowest BCUT2D eigenvalue weighted by molar-refractivity contribution is 0.683. The van der Waals surface area contributed by atoms with Gasteiger partial charge in [0.2, 0.25) is 0 Å². The molecular weight excluding hydrogens is 336 g/mol. The van der Waals surface area contributed by atoms with Gasteiger partial charge in [-0.3, -0.25) is 0 Å². The van der Waals surface area contributed by atoms with Crippen molar-refractivity contribution in [2.75, 3.05) is 0 Å². The van der Waals surface area contributed by atoms with Gasteiger partial charge in [0.05, 0.1) is 10.8 Å². The largest absolute Gasteiger partial charge is 0.249 e. The second-order valence-electron chi connectivity index (χ2n) is 6.05. The quantitative estimate of drug-likeness (QED) is 0.427. The van der Waals surface area contributed by atoms with Crippen LogP contribution in [0.1, 0.15) is 0 Å². The maximum absolute atomic E-state index is 12.9. The molecule has 4 aromatic carbocycles. The maximum Gasteiger partial charge on any atom is 0.0849 e. The average molecular weight is 354 g/mol. The van der Waals surface area contributed by atoms with Gasteiger partial charge < -0.3 is 0 Å². The molecule has 2 heteroatoms. The zero-order valence-electron chi connectivity index (χ0n) is 14.2. The lowest BCUT2D eigenvalue weighted by Gasteiger charge is -2.07. The molecule has 4 rings (SSSR count). The van der Waals surface area contributed by atoms with Gasteiger partial charge in [0, 0.05) is 9.79 Å². The maximum atomic E-state index is 12.9. The van der Waals surface area contributed by atoms with Crippen LogP contribution in [0.3, 0.4) is 0 Å². The molecule has 1 nitrogen and oxygen atoms in total. The van der Waals surface area contributed by atoms with Crippen molar-refractivity contribution in [1.82, 2.24) is 0 Å². The molecule has 126 valence electrons. The predicted molar refractivity (Wildman–Crippen MR) is 108 cm³/mol. The monoisotopic (exact) mass is 354 g/mol. The Morgan fingerprint density at radius 3 is 1.04 bits per heavy atom. The number of hydrogen-bond donors (Lipinski definition) is 0. The third kappa shape index (κ3) is 3.51. The van der Waals surface area contributed by atoms with E-state index in [1.165, 1.54) is 0 Å². The SMILES string of the molecule is O=S(c1ccc(-c2ccccc2)cc1)c1ccc(-c2ccccc2)cc1. The van der Waals surface area contributed by atoms with Crippen molar-refractivity contribution in [2.24, 2.45) is 0 Å². The van der Waals surface area contributed by atoms with Crippen LogP contribution in [0.2, 0.25) is 0 Å². The minimum atomic E-state index is -1.18. The first-order valence-corrected chi connectivity index (χ1v) is 9.69. The summed E-state index contributed by atoms with van der Waals surface area (Å²) in [4.78, 5) is 1.63. The Balaban J connectivity index is 1.56. The number of benzene rings is 4. The van der Waals surface area contributed by atoms with E-state index in [-0.39, 0.29) is 0 Å². The van der Waals surface area contributed by atoms with Crippen LogP contribution in [0.4, 0.5) is 0 Å². The zero-order chi connectivity index (χ0) is 17.8. The van der Waals surface area contributed by atoms with Crippen molar-refractivity contribution in [3.63, 3.8) is 0 Å². The molecular formula is C24H18OS. The van der Waals surface area contributed by atoms with E-state index in [0.717, 1.165) is 32.0 Å². The van der Waals surface area contributed by atoms with Crippen molar-refractivity contribution >= 4 is 10.8 Å². The van der Waals surface area contributed by atoms with Gasteiger partial charge in [-0.05, 0) is 46.5 Å². The molecule has 0 aliphatic carbocycles. The summed E-state index contributed by atoms with van der Waals surface area (Å²) in [5.41, 5.74) is 4.59. The standard InChI is InChI=1S/C24H18OS/c25-26(23-15-11-21(12-16-23)19-7-3-1-4-8-19)24-17-13-22(14-18-24)20-9-5-2-6-10-20/h1-18H. The molecule has 0 fully saturated rings. The fraction of sp³-hybridized carbons (Fsp3) is 0. The van der Waals surface area contributed by atoms with Gasteiger partial charge in [-0.25, -0.2) is 4.21 Å². The fourth-order valence-corrected chi connectivity index (χ4v) is 3.98. The van der Waals surface area contributed by atoms with E-state index in [0.29, 0.717) is 0 Å². The molecule has 0 aliphatic rings. The van der Waals surface area contributed by atoms with Crippen LogP contribution in [0.15, 0.2) is 119 Å². The topological polar surface area (TPSA) is 17.1 Å². The molecule has 0 aliphatic heterocycles. The van der Waals surface area contributed by atoms with Crippen LogP contribution in [0.25, 0.3) is 22.3 Å². The van der Waals surface area contributed by atoms with Gasteiger partial charge in [-0.2, -0.15) is 0 Å². The summed E-state index contributed by atoms with van der Waals surface area (Å²) in [7, 11) is -1.18. The normalized spacial score (nSPS) is 10.8. The van der Waals surface area contributed by atoms with Crippen LogP contribution in [-0.4, -0.2) is 4.21 Å². The first-order valence-electron chi connectivity index (χ1n) is 8.54. The molecule has 0 spiro atoms. The Morgan fingerprint density at radius 1 is 0.385 bits per heavy atom. The van der Waals surface area contributed by atoms with Gasteiger partial charge in [0.1, 0.15) is 0 Å². The zero-order valence-corrected chi connectivity index (χ0v) is 15.0. The summed E-state index contributed by atoms with van der Waals surface area (Å²) in [5.74, 6) is 0. The van der Waals surface area contributed by atoms with E-state index in [1.54, 1.807) is 0 Å². The van der Waals surface area contributed by atoms with E-state index in [1.807, 2.05) is 84.9 Å². The van der Waals surface area contributed by atoms with Crippen LogP contribution in [0, 0.1) is 0 Å². The molecule has 0 unspecified atom stereocenters. The average Bonchev–Trinajstić information content (AvgIpc) is 2.75. The Kier molecular flexibility index (Phi) is 4.76. The third-order valence-electron chi connectivity index (χ3n) is 4.35. The molecule has 0 N–H and O–H groups in total. The van der Waals surface area contributed by atoms with Crippen LogP contribution in [-0.2, 0) is 10.8 Å². The van der Waals surface area contributed by atoms with Crippen molar-refractivity contribution in [3.8, 4) is 22.3 Å². The number of rotatable bonds is 4. The minimum Gasteiger partial charge on any atom is -0.249 e. The Bertz CT molecular complexity index is 920. The van der Waals surface area contributed by atoms with Crippen molar-refractivity contribution < 1.29 is 4.21 Å². The van der Waals surface area contributed by atoms with E-state index in [2.05, 4.69) is 24.3 Å². The molecule has 0 saturated carbocycles. The predicted octanol–water partition coefficient (Wildman–Crippen LogP) is 6.19. The smallest absolute Gasteiger partial charge is 0.0849 e. The van der Waals surface area contributed by atoms with Gasteiger partial charge in [-0.15, -0.1) is 0 Å². The van der Waals surface area contributed by atoms with Gasteiger partial charge >= 0.3 is 0 Å². The van der Waals surface area contributed by atoms with Crippen molar-refractivity contribution in [2.45, 2.75) is 9.79 Å². The molecule has 0 amide bonds. The Morgan fingerprint density at radius 2 is 0.692 bits per heavy atom. The highest BCUT2D eigenvalue weighted by Gasteiger charge is 2.08. The van der Waals surface area contributed by atoms with Gasteiger partial charge in [0.15, 0.2) is 0 Å². The molecule has 0 heterocycles. The second kappa shape index (κ2) is 7.51. The lowest BCUT2D eigenvalue weighted by Crippen LogP contribution is -1.93. The molecule has 4 aromatic rings. The van der Waals surface area contributed by atoms with E-state index < -0.39 is 10.8 Å². The highest BCUT2D eigenvalue weighted by molar-refractivity contribution is 7.85. The Labute approximate surface area is 156 Å². The van der Waals surface area contributed by atoms with E-state index in [9.17, 15) is 4.21 Å². The minimum absolute atomic E-state index is 0.817. The lowest BCUT2D eigenvalue weighted by atomic mass is 10.1. The summed E-state index contributed by atoms with van der Waals surface area (Å²) in [6.07, 6.45) is 0. The van der Waals surface area contributed by atoms with E-state index >= 15 is 0 Å². The van der Waals surface area contributed by atoms with Crippen LogP contribution >= 0.6 is 0 Å². The van der Waals surface area contributed by atoms with Gasteiger partial charge in [0.25, 0.3) is 0 Å². The van der Waals surface area contributed by atoms with Crippen molar-refractivity contribution in [3.05, 3.63) is 109 Å². The summed E-state index contributed by atoms with van der Waals surface area (Å²) in [6, 6.07) is 36.3. The Hall–Kier alpha value is -2.97. The summed E-state index contributed by atoms with van der Waals surface area (Å²) in [6.45, 7) is 0. The highest BCUT2D eigenvalue weighted by Crippen LogP contribution is 2.25. The molecule has 26 heavy (non-hydrogen) atoms. The fourth-order valence-electron chi connectivity index (χ4n) is 2.94. The van der Waals surface area contributed by atoms with Crippen LogP contribution < -0.4 is 0 Å².